The van der Waals surface area contributed by atoms with E-state index in [4.69, 9.17) is 5.73 Å². The predicted octanol–water partition coefficient (Wildman–Crippen LogP) is 2.29. The third-order valence-electron chi connectivity index (χ3n) is 3.96. The molecule has 0 spiro atoms. The lowest BCUT2D eigenvalue weighted by molar-refractivity contribution is 0.100. The summed E-state index contributed by atoms with van der Waals surface area (Å²) < 4.78 is 1.89. The molecule has 3 N–H and O–H groups in total. The van der Waals surface area contributed by atoms with Crippen LogP contribution in [-0.2, 0) is 6.54 Å². The third-order valence-corrected chi connectivity index (χ3v) is 3.96. The minimum Gasteiger partial charge on any atom is -0.366 e. The van der Waals surface area contributed by atoms with Crippen LogP contribution in [0.1, 0.15) is 37.7 Å². The summed E-state index contributed by atoms with van der Waals surface area (Å²) in [5.41, 5.74) is 9.26. The van der Waals surface area contributed by atoms with Crippen molar-refractivity contribution in [3.05, 3.63) is 76.9 Å². The first-order valence-electron chi connectivity index (χ1n) is 8.09. The summed E-state index contributed by atoms with van der Waals surface area (Å²) >= 11 is 0. The van der Waals surface area contributed by atoms with Crippen molar-refractivity contribution >= 4 is 17.5 Å². The summed E-state index contributed by atoms with van der Waals surface area (Å²) in [5, 5.41) is 7.13. The summed E-state index contributed by atoms with van der Waals surface area (Å²) in [5.74, 6) is -0.961. The predicted molar refractivity (Wildman–Crippen MR) is 98.0 cm³/mol. The molecular formula is C19H19N5O2. The van der Waals surface area contributed by atoms with E-state index in [1.54, 1.807) is 12.1 Å². The Hall–Kier alpha value is -3.48. The first-order valence-corrected chi connectivity index (χ1v) is 8.09. The Labute approximate surface area is 150 Å². The van der Waals surface area contributed by atoms with E-state index in [0.717, 1.165) is 17.0 Å². The van der Waals surface area contributed by atoms with Gasteiger partial charge in [0.1, 0.15) is 0 Å². The molecule has 0 unspecified atom stereocenters. The second-order valence-electron chi connectivity index (χ2n) is 6.02. The number of primary amides is 1. The van der Waals surface area contributed by atoms with Crippen molar-refractivity contribution in [1.82, 2.24) is 14.8 Å². The van der Waals surface area contributed by atoms with Crippen molar-refractivity contribution in [3.63, 3.8) is 0 Å². The summed E-state index contributed by atoms with van der Waals surface area (Å²) in [7, 11) is 0. The quantitative estimate of drug-likeness (QED) is 0.737. The first-order chi connectivity index (χ1) is 12.4. The molecule has 0 aliphatic carbocycles. The molecule has 0 fully saturated rings. The molecule has 3 aromatic rings. The number of anilines is 1. The van der Waals surface area contributed by atoms with Gasteiger partial charge in [0.2, 0.25) is 0 Å². The van der Waals surface area contributed by atoms with Crippen LogP contribution in [0.2, 0.25) is 0 Å². The largest absolute Gasteiger partial charge is 0.366 e. The number of hydrogen-bond acceptors (Lipinski definition) is 4. The second-order valence-corrected chi connectivity index (χ2v) is 6.02. The van der Waals surface area contributed by atoms with E-state index in [2.05, 4.69) is 15.4 Å². The third kappa shape index (κ3) is 3.77. The van der Waals surface area contributed by atoms with Crippen LogP contribution in [0.25, 0.3) is 0 Å². The van der Waals surface area contributed by atoms with E-state index >= 15 is 0 Å². The highest BCUT2D eigenvalue weighted by Crippen LogP contribution is 2.15. The Kier molecular flexibility index (Phi) is 4.79. The number of aromatic nitrogens is 3. The van der Waals surface area contributed by atoms with Crippen molar-refractivity contribution in [2.24, 2.45) is 5.73 Å². The highest BCUT2D eigenvalue weighted by molar-refractivity contribution is 6.08. The monoisotopic (exact) mass is 349 g/mol. The number of nitrogens with one attached hydrogen (secondary N) is 1. The smallest absolute Gasteiger partial charge is 0.255 e. The minimum atomic E-state index is -0.624. The molecule has 132 valence electrons. The SMILES string of the molecule is Cc1cc(C)n(Cc2cccc(C(=O)Nc3cnccc3C(N)=O)c2)n1. The molecule has 2 heterocycles. The molecule has 26 heavy (non-hydrogen) atoms. The van der Waals surface area contributed by atoms with E-state index in [9.17, 15) is 9.59 Å². The maximum Gasteiger partial charge on any atom is 0.255 e. The molecule has 7 heteroatoms. The summed E-state index contributed by atoms with van der Waals surface area (Å²) in [6, 6.07) is 10.7. The van der Waals surface area contributed by atoms with Crippen molar-refractivity contribution in [2.75, 3.05) is 5.32 Å². The molecule has 0 bridgehead atoms. The van der Waals surface area contributed by atoms with Gasteiger partial charge in [0.25, 0.3) is 11.8 Å². The fourth-order valence-electron chi connectivity index (χ4n) is 2.72. The maximum atomic E-state index is 12.6. The highest BCUT2D eigenvalue weighted by Gasteiger charge is 2.13. The Balaban J connectivity index is 1.81. The molecule has 0 radical (unpaired) electrons. The molecule has 2 amide bonds. The van der Waals surface area contributed by atoms with Gasteiger partial charge in [-0.05, 0) is 43.7 Å². The Morgan fingerprint density at radius 1 is 1.19 bits per heavy atom. The average Bonchev–Trinajstić information content (AvgIpc) is 2.92. The summed E-state index contributed by atoms with van der Waals surface area (Å²) in [6.45, 7) is 4.50. The van der Waals surface area contributed by atoms with Gasteiger partial charge in [0.05, 0.1) is 29.7 Å². The number of nitrogens with zero attached hydrogens (tertiary/aromatic N) is 3. The number of benzene rings is 1. The van der Waals surface area contributed by atoms with Gasteiger partial charge in [-0.25, -0.2) is 0 Å². The van der Waals surface area contributed by atoms with Crippen LogP contribution in [0.5, 0.6) is 0 Å². The summed E-state index contributed by atoms with van der Waals surface area (Å²) in [4.78, 5) is 27.9. The van der Waals surface area contributed by atoms with Crippen LogP contribution in [-0.4, -0.2) is 26.6 Å². The number of carbonyl (C=O) groups is 2. The zero-order valence-corrected chi connectivity index (χ0v) is 14.6. The molecule has 0 atom stereocenters. The van der Waals surface area contributed by atoms with Gasteiger partial charge in [0, 0.05) is 17.5 Å². The number of pyridine rings is 1. The molecule has 0 aliphatic heterocycles. The van der Waals surface area contributed by atoms with Crippen molar-refractivity contribution in [2.45, 2.75) is 20.4 Å². The number of nitrogens with two attached hydrogens (primary N) is 1. The molecule has 7 nitrogen and oxygen atoms in total. The number of rotatable bonds is 5. The molecule has 0 aliphatic rings. The number of aryl methyl sites for hydroxylation is 2. The van der Waals surface area contributed by atoms with Crippen LogP contribution in [0.15, 0.2) is 48.8 Å². The molecule has 0 saturated carbocycles. The Bertz CT molecular complexity index is 978. The first kappa shape index (κ1) is 17.3. The van der Waals surface area contributed by atoms with Crippen LogP contribution in [0.3, 0.4) is 0 Å². The normalized spacial score (nSPS) is 10.5. The van der Waals surface area contributed by atoms with Crippen LogP contribution >= 0.6 is 0 Å². The standard InChI is InChI=1S/C19H19N5O2/c1-12-8-13(2)24(23-12)11-14-4-3-5-15(9-14)19(26)22-17-10-21-7-6-16(17)18(20)25/h3-10H,11H2,1-2H3,(H2,20,25)(H,22,26). The molecule has 0 saturated heterocycles. The number of hydrogen-bond donors (Lipinski definition) is 2. The maximum absolute atomic E-state index is 12.6. The van der Waals surface area contributed by atoms with Gasteiger partial charge in [-0.3, -0.25) is 19.3 Å². The number of carbonyl (C=O) groups excluding carboxylic acids is 2. The topological polar surface area (TPSA) is 103 Å². The van der Waals surface area contributed by atoms with E-state index in [1.807, 2.05) is 36.7 Å². The van der Waals surface area contributed by atoms with Crippen molar-refractivity contribution in [1.29, 1.82) is 0 Å². The van der Waals surface area contributed by atoms with Crippen molar-refractivity contribution < 1.29 is 9.59 Å². The van der Waals surface area contributed by atoms with Gasteiger partial charge < -0.3 is 11.1 Å². The van der Waals surface area contributed by atoms with Crippen LogP contribution < -0.4 is 11.1 Å². The van der Waals surface area contributed by atoms with E-state index in [0.29, 0.717) is 12.1 Å². The van der Waals surface area contributed by atoms with Crippen molar-refractivity contribution in [3.8, 4) is 0 Å². The average molecular weight is 349 g/mol. The second kappa shape index (κ2) is 7.18. The zero-order chi connectivity index (χ0) is 18.7. The summed E-state index contributed by atoms with van der Waals surface area (Å²) in [6.07, 6.45) is 2.85. The molecular weight excluding hydrogens is 330 g/mol. The van der Waals surface area contributed by atoms with Crippen LogP contribution in [0, 0.1) is 13.8 Å². The van der Waals surface area contributed by atoms with Crippen LogP contribution in [0.4, 0.5) is 5.69 Å². The lowest BCUT2D eigenvalue weighted by Crippen LogP contribution is -2.18. The fraction of sp³-hybridized carbons (Fsp3) is 0.158. The Morgan fingerprint density at radius 3 is 2.69 bits per heavy atom. The fourth-order valence-corrected chi connectivity index (χ4v) is 2.72. The van der Waals surface area contributed by atoms with Gasteiger partial charge in [-0.15, -0.1) is 0 Å². The van der Waals surface area contributed by atoms with Gasteiger partial charge in [0.15, 0.2) is 0 Å². The molecule has 1 aromatic carbocycles. The van der Waals surface area contributed by atoms with Gasteiger partial charge in [-0.1, -0.05) is 12.1 Å². The van der Waals surface area contributed by atoms with Gasteiger partial charge >= 0.3 is 0 Å². The van der Waals surface area contributed by atoms with Gasteiger partial charge in [-0.2, -0.15) is 5.10 Å². The van der Waals surface area contributed by atoms with E-state index in [1.165, 1.54) is 18.5 Å². The molecule has 2 aromatic heterocycles. The Morgan fingerprint density at radius 2 is 2.00 bits per heavy atom. The highest BCUT2D eigenvalue weighted by atomic mass is 16.2. The van der Waals surface area contributed by atoms with E-state index in [-0.39, 0.29) is 17.2 Å². The number of amides is 2. The van der Waals surface area contributed by atoms with E-state index < -0.39 is 5.91 Å². The lowest BCUT2D eigenvalue weighted by atomic mass is 10.1. The molecule has 3 rings (SSSR count). The zero-order valence-electron chi connectivity index (χ0n) is 14.6. The lowest BCUT2D eigenvalue weighted by Gasteiger charge is -2.10. The minimum absolute atomic E-state index is 0.215.